The third-order valence-corrected chi connectivity index (χ3v) is 6.09. The third-order valence-electron chi connectivity index (χ3n) is 4.94. The van der Waals surface area contributed by atoms with Crippen molar-refractivity contribution in [3.63, 3.8) is 0 Å². The lowest BCUT2D eigenvalue weighted by molar-refractivity contribution is -0.0174. The van der Waals surface area contributed by atoms with E-state index >= 15 is 0 Å². The van der Waals surface area contributed by atoms with E-state index in [9.17, 15) is 0 Å². The van der Waals surface area contributed by atoms with Crippen LogP contribution in [0.25, 0.3) is 0 Å². The maximum atomic E-state index is 6.42. The molecule has 0 amide bonds. The Labute approximate surface area is 173 Å². The Bertz CT molecular complexity index is 418. The summed E-state index contributed by atoms with van der Waals surface area (Å²) in [6.45, 7) is 9.99. The topological polar surface area (TPSA) is 12.5 Å². The van der Waals surface area contributed by atoms with Crippen LogP contribution >= 0.6 is 11.8 Å². The minimum Gasteiger partial charge on any atom is -0.362 e. The van der Waals surface area contributed by atoms with E-state index in [0.717, 1.165) is 18.2 Å². The van der Waals surface area contributed by atoms with Gasteiger partial charge in [0.15, 0.2) is 0 Å². The zero-order valence-electron chi connectivity index (χ0n) is 18.1. The molecular weight excluding hydrogens is 350 g/mol. The first-order valence-corrected chi connectivity index (χ1v) is 12.4. The van der Waals surface area contributed by atoms with Gasteiger partial charge < -0.3 is 4.74 Å². The average Bonchev–Trinajstić information content (AvgIpc) is 2.70. The maximum absolute atomic E-state index is 6.42. The van der Waals surface area contributed by atoms with Crippen molar-refractivity contribution in [1.29, 1.82) is 0 Å². The molecule has 27 heavy (non-hydrogen) atoms. The van der Waals surface area contributed by atoms with Gasteiger partial charge >= 0.3 is 0 Å². The van der Waals surface area contributed by atoms with Crippen molar-refractivity contribution in [3.8, 4) is 0 Å². The Morgan fingerprint density at radius 1 is 0.852 bits per heavy atom. The van der Waals surface area contributed by atoms with Crippen molar-refractivity contribution in [1.82, 2.24) is 4.90 Å². The van der Waals surface area contributed by atoms with Gasteiger partial charge in [-0.15, -0.1) is 0 Å². The van der Waals surface area contributed by atoms with E-state index in [2.05, 4.69) is 56.0 Å². The Kier molecular flexibility index (Phi) is 16.0. The SMILES string of the molecule is CCCCCCC(CSCc1ccccc1)OCN(CCCC)CCCC. The minimum atomic E-state index is 0.390. The van der Waals surface area contributed by atoms with Gasteiger partial charge in [0.1, 0.15) is 0 Å². The Morgan fingerprint density at radius 2 is 1.52 bits per heavy atom. The fourth-order valence-electron chi connectivity index (χ4n) is 3.11. The molecule has 0 aliphatic carbocycles. The zero-order valence-corrected chi connectivity index (χ0v) is 18.9. The van der Waals surface area contributed by atoms with E-state index in [-0.39, 0.29) is 0 Å². The molecule has 2 nitrogen and oxygen atoms in total. The Balaban J connectivity index is 2.42. The second-order valence-electron chi connectivity index (χ2n) is 7.59. The summed E-state index contributed by atoms with van der Waals surface area (Å²) in [5.41, 5.74) is 1.42. The summed E-state index contributed by atoms with van der Waals surface area (Å²) < 4.78 is 6.42. The van der Waals surface area contributed by atoms with E-state index in [4.69, 9.17) is 4.74 Å². The number of benzene rings is 1. The van der Waals surface area contributed by atoms with Crippen LogP contribution in [-0.2, 0) is 10.5 Å². The average molecular weight is 394 g/mol. The quantitative estimate of drug-likeness (QED) is 0.194. The summed E-state index contributed by atoms with van der Waals surface area (Å²) in [6, 6.07) is 10.8. The van der Waals surface area contributed by atoms with E-state index in [0.29, 0.717) is 6.10 Å². The van der Waals surface area contributed by atoms with E-state index in [1.165, 1.54) is 76.4 Å². The van der Waals surface area contributed by atoms with Crippen LogP contribution in [-0.4, -0.2) is 36.6 Å². The van der Waals surface area contributed by atoms with E-state index in [1.807, 2.05) is 11.8 Å². The van der Waals surface area contributed by atoms with E-state index < -0.39 is 0 Å². The molecule has 3 heteroatoms. The van der Waals surface area contributed by atoms with Gasteiger partial charge in [0.05, 0.1) is 12.8 Å². The molecule has 1 aromatic carbocycles. The largest absolute Gasteiger partial charge is 0.362 e. The normalized spacial score (nSPS) is 12.6. The molecule has 0 radical (unpaired) electrons. The number of hydrogen-bond donors (Lipinski definition) is 0. The van der Waals surface area contributed by atoms with E-state index in [1.54, 1.807) is 0 Å². The highest BCUT2D eigenvalue weighted by Crippen LogP contribution is 2.18. The molecule has 1 rings (SSSR count). The van der Waals surface area contributed by atoms with Crippen molar-refractivity contribution in [3.05, 3.63) is 35.9 Å². The predicted molar refractivity (Wildman–Crippen MR) is 122 cm³/mol. The number of rotatable bonds is 18. The summed E-state index contributed by atoms with van der Waals surface area (Å²) >= 11 is 2.02. The standard InChI is InChI=1S/C24H43NOS/c1-4-7-10-14-17-24(21-27-20-23-15-12-11-13-16-23)26-22-25(18-8-5-2)19-9-6-3/h11-13,15-16,24H,4-10,14,17-22H2,1-3H3. The van der Waals surface area contributed by atoms with Gasteiger partial charge in [0, 0.05) is 24.6 Å². The zero-order chi connectivity index (χ0) is 19.6. The molecule has 156 valence electrons. The molecule has 0 N–H and O–H groups in total. The van der Waals surface area contributed by atoms with Crippen LogP contribution in [0.15, 0.2) is 30.3 Å². The highest BCUT2D eigenvalue weighted by Gasteiger charge is 2.12. The Hall–Kier alpha value is -0.510. The molecule has 0 aliphatic heterocycles. The summed E-state index contributed by atoms with van der Waals surface area (Å²) in [7, 11) is 0. The van der Waals surface area contributed by atoms with Crippen molar-refractivity contribution in [2.24, 2.45) is 0 Å². The first kappa shape index (κ1) is 24.5. The molecule has 0 aromatic heterocycles. The molecule has 1 unspecified atom stereocenters. The summed E-state index contributed by atoms with van der Waals surface area (Å²) in [6.07, 6.45) is 12.0. The minimum absolute atomic E-state index is 0.390. The molecule has 0 bridgehead atoms. The number of thioether (sulfide) groups is 1. The third kappa shape index (κ3) is 13.3. The summed E-state index contributed by atoms with van der Waals surface area (Å²) in [4.78, 5) is 2.52. The van der Waals surface area contributed by atoms with Gasteiger partial charge in [-0.25, -0.2) is 0 Å². The highest BCUT2D eigenvalue weighted by atomic mass is 32.2. The number of unbranched alkanes of at least 4 members (excludes halogenated alkanes) is 5. The van der Waals surface area contributed by atoms with Gasteiger partial charge in [-0.1, -0.05) is 89.6 Å². The fourth-order valence-corrected chi connectivity index (χ4v) is 4.18. The molecule has 0 fully saturated rings. The molecule has 1 atom stereocenters. The fraction of sp³-hybridized carbons (Fsp3) is 0.750. The van der Waals surface area contributed by atoms with Crippen LogP contribution in [0.4, 0.5) is 0 Å². The lowest BCUT2D eigenvalue weighted by Crippen LogP contribution is -2.32. The highest BCUT2D eigenvalue weighted by molar-refractivity contribution is 7.98. The number of ether oxygens (including phenoxy) is 1. The van der Waals surface area contributed by atoms with Gasteiger partial charge in [-0.2, -0.15) is 11.8 Å². The van der Waals surface area contributed by atoms with Crippen LogP contribution in [0.5, 0.6) is 0 Å². The van der Waals surface area contributed by atoms with Crippen LogP contribution in [0.2, 0.25) is 0 Å². The van der Waals surface area contributed by atoms with Crippen molar-refractivity contribution in [2.75, 3.05) is 25.6 Å². The monoisotopic (exact) mass is 393 g/mol. The molecule has 0 spiro atoms. The summed E-state index contributed by atoms with van der Waals surface area (Å²) in [5.74, 6) is 2.20. The smallest absolute Gasteiger partial charge is 0.0994 e. The molecule has 1 aromatic rings. The van der Waals surface area contributed by atoms with Crippen molar-refractivity contribution in [2.45, 2.75) is 90.4 Å². The maximum Gasteiger partial charge on any atom is 0.0994 e. The van der Waals surface area contributed by atoms with Crippen LogP contribution in [0, 0.1) is 0 Å². The van der Waals surface area contributed by atoms with Crippen LogP contribution in [0.3, 0.4) is 0 Å². The second kappa shape index (κ2) is 17.6. The number of nitrogens with zero attached hydrogens (tertiary/aromatic N) is 1. The molecule has 0 saturated carbocycles. The first-order valence-electron chi connectivity index (χ1n) is 11.3. The lowest BCUT2D eigenvalue weighted by Gasteiger charge is -2.25. The lowest BCUT2D eigenvalue weighted by atomic mass is 10.1. The van der Waals surface area contributed by atoms with Crippen LogP contribution in [0.1, 0.15) is 84.1 Å². The first-order chi connectivity index (χ1) is 13.3. The number of hydrogen-bond acceptors (Lipinski definition) is 3. The Morgan fingerprint density at radius 3 is 2.15 bits per heavy atom. The molecule has 0 saturated heterocycles. The molecule has 0 heterocycles. The van der Waals surface area contributed by atoms with Gasteiger partial charge in [0.25, 0.3) is 0 Å². The van der Waals surface area contributed by atoms with Crippen molar-refractivity contribution < 1.29 is 4.74 Å². The van der Waals surface area contributed by atoms with Gasteiger partial charge in [-0.3, -0.25) is 4.90 Å². The van der Waals surface area contributed by atoms with Gasteiger partial charge in [-0.05, 0) is 24.8 Å². The predicted octanol–water partition coefficient (Wildman–Crippen LogP) is 7.14. The summed E-state index contributed by atoms with van der Waals surface area (Å²) in [5, 5.41) is 0. The second-order valence-corrected chi connectivity index (χ2v) is 8.62. The van der Waals surface area contributed by atoms with Gasteiger partial charge in [0.2, 0.25) is 0 Å². The molecule has 0 aliphatic rings. The van der Waals surface area contributed by atoms with Crippen LogP contribution < -0.4 is 0 Å². The van der Waals surface area contributed by atoms with Crippen molar-refractivity contribution >= 4 is 11.8 Å². The molecular formula is C24H43NOS.